The van der Waals surface area contributed by atoms with Crippen LogP contribution in [0.1, 0.15) is 12.5 Å². The van der Waals surface area contributed by atoms with Crippen molar-refractivity contribution in [3.8, 4) is 0 Å². The van der Waals surface area contributed by atoms with Crippen LogP contribution in [0.4, 0.5) is 0 Å². The number of para-hydroxylation sites is 1. The van der Waals surface area contributed by atoms with Crippen molar-refractivity contribution >= 4 is 22.8 Å². The molecule has 0 unspecified atom stereocenters. The maximum absolute atomic E-state index is 4.15. The molecule has 1 heterocycles. The van der Waals surface area contributed by atoms with E-state index < -0.39 is 0 Å². The van der Waals surface area contributed by atoms with Crippen molar-refractivity contribution in [1.29, 1.82) is 0 Å². The number of rotatable bonds is 2. The quantitative estimate of drug-likeness (QED) is 0.681. The number of hydrogen-bond acceptors (Lipinski definition) is 2. The molecule has 0 N–H and O–H groups in total. The van der Waals surface area contributed by atoms with E-state index in [9.17, 15) is 0 Å². The van der Waals surface area contributed by atoms with Gasteiger partial charge in [0.05, 0.1) is 5.52 Å². The fourth-order valence-corrected chi connectivity index (χ4v) is 1.94. The summed E-state index contributed by atoms with van der Waals surface area (Å²) >= 11 is 0. The van der Waals surface area contributed by atoms with Crippen molar-refractivity contribution in [1.82, 2.24) is 15.0 Å². The van der Waals surface area contributed by atoms with Gasteiger partial charge in [-0.15, -0.1) is 5.10 Å². The summed E-state index contributed by atoms with van der Waals surface area (Å²) in [5.41, 5.74) is 4.28. The molecule has 3 heteroatoms. The number of allylic oxidation sites excluding steroid dienone is 1. The highest BCUT2D eigenvalue weighted by Crippen LogP contribution is 2.16. The molecule has 18 heavy (non-hydrogen) atoms. The average Bonchev–Trinajstić information content (AvgIpc) is 2.83. The van der Waals surface area contributed by atoms with Gasteiger partial charge in [-0.2, -0.15) is 0 Å². The van der Waals surface area contributed by atoms with E-state index in [2.05, 4.69) is 29.4 Å². The molecule has 0 radical (unpaired) electrons. The van der Waals surface area contributed by atoms with E-state index in [1.165, 1.54) is 5.56 Å². The predicted molar refractivity (Wildman–Crippen MR) is 73.8 cm³/mol. The van der Waals surface area contributed by atoms with Crippen molar-refractivity contribution in [3.63, 3.8) is 0 Å². The fraction of sp³-hybridized carbons (Fsp3) is 0.0667. The number of nitrogens with zero attached hydrogens (tertiary/aromatic N) is 3. The van der Waals surface area contributed by atoms with Crippen LogP contribution >= 0.6 is 0 Å². The van der Waals surface area contributed by atoms with Crippen molar-refractivity contribution < 1.29 is 0 Å². The average molecular weight is 235 g/mol. The number of aromatic nitrogens is 3. The molecule has 0 fully saturated rings. The van der Waals surface area contributed by atoms with Crippen LogP contribution in [0.3, 0.4) is 0 Å². The molecule has 0 aliphatic heterocycles. The van der Waals surface area contributed by atoms with Gasteiger partial charge in [-0.3, -0.25) is 0 Å². The zero-order valence-electron chi connectivity index (χ0n) is 10.1. The van der Waals surface area contributed by atoms with E-state index in [4.69, 9.17) is 0 Å². The molecule has 0 spiro atoms. The van der Waals surface area contributed by atoms with Gasteiger partial charge in [0.2, 0.25) is 0 Å². The van der Waals surface area contributed by atoms with Crippen LogP contribution in [-0.4, -0.2) is 15.0 Å². The molecule has 0 amide bonds. The lowest BCUT2D eigenvalue weighted by atomic mass is 10.1. The summed E-state index contributed by atoms with van der Waals surface area (Å²) in [5, 5.41) is 8.28. The number of fused-ring (bicyclic) bond motifs is 1. The van der Waals surface area contributed by atoms with Crippen molar-refractivity contribution in [3.05, 3.63) is 60.2 Å². The highest BCUT2D eigenvalue weighted by Gasteiger charge is 2.01. The highest BCUT2D eigenvalue weighted by molar-refractivity contribution is 5.80. The van der Waals surface area contributed by atoms with Crippen LogP contribution in [0.5, 0.6) is 0 Å². The third-order valence-electron chi connectivity index (χ3n) is 2.92. The van der Waals surface area contributed by atoms with Gasteiger partial charge in [0, 0.05) is 6.20 Å². The first kappa shape index (κ1) is 10.7. The van der Waals surface area contributed by atoms with Crippen LogP contribution in [-0.2, 0) is 0 Å². The maximum Gasteiger partial charge on any atom is 0.113 e. The molecule has 2 aromatic carbocycles. The smallest absolute Gasteiger partial charge is 0.113 e. The molecule has 3 rings (SSSR count). The summed E-state index contributed by atoms with van der Waals surface area (Å²) in [6.45, 7) is 2.08. The van der Waals surface area contributed by atoms with Crippen LogP contribution in [0.25, 0.3) is 22.8 Å². The summed E-state index contributed by atoms with van der Waals surface area (Å²) in [6.07, 6.45) is 2.00. The Bertz CT molecular complexity index is 696. The van der Waals surface area contributed by atoms with Crippen LogP contribution < -0.4 is 0 Å². The second-order valence-corrected chi connectivity index (χ2v) is 4.20. The molecule has 0 saturated carbocycles. The normalized spacial score (nSPS) is 11.9. The zero-order chi connectivity index (χ0) is 12.4. The Kier molecular flexibility index (Phi) is 2.65. The summed E-state index contributed by atoms with van der Waals surface area (Å²) < 4.78 is 1.82. The summed E-state index contributed by atoms with van der Waals surface area (Å²) in [7, 11) is 0. The number of hydrogen-bond donors (Lipinski definition) is 0. The Labute approximate surface area is 105 Å². The van der Waals surface area contributed by atoms with Gasteiger partial charge in [-0.1, -0.05) is 47.7 Å². The molecular weight excluding hydrogens is 222 g/mol. The van der Waals surface area contributed by atoms with Crippen LogP contribution in [0.15, 0.2) is 54.6 Å². The Hall–Kier alpha value is -2.42. The van der Waals surface area contributed by atoms with Crippen LogP contribution in [0, 0.1) is 0 Å². The van der Waals surface area contributed by atoms with Crippen molar-refractivity contribution in [2.24, 2.45) is 0 Å². The van der Waals surface area contributed by atoms with Gasteiger partial charge in [-0.05, 0) is 30.2 Å². The van der Waals surface area contributed by atoms with E-state index in [-0.39, 0.29) is 0 Å². The zero-order valence-corrected chi connectivity index (χ0v) is 10.1. The lowest BCUT2D eigenvalue weighted by Gasteiger charge is -2.01. The van der Waals surface area contributed by atoms with E-state index in [1.807, 2.05) is 53.3 Å². The monoisotopic (exact) mass is 235 g/mol. The Morgan fingerprint density at radius 2 is 1.72 bits per heavy atom. The minimum atomic E-state index is 0.912. The van der Waals surface area contributed by atoms with Crippen molar-refractivity contribution in [2.75, 3.05) is 0 Å². The molecular formula is C15H13N3. The summed E-state index contributed by atoms with van der Waals surface area (Å²) in [6, 6.07) is 18.2. The minimum Gasteiger partial charge on any atom is -0.220 e. The first-order valence-corrected chi connectivity index (χ1v) is 5.88. The predicted octanol–water partition coefficient (Wildman–Crippen LogP) is 3.45. The lowest BCUT2D eigenvalue weighted by molar-refractivity contribution is 0.861. The van der Waals surface area contributed by atoms with Gasteiger partial charge >= 0.3 is 0 Å². The van der Waals surface area contributed by atoms with Gasteiger partial charge in [0.1, 0.15) is 5.52 Å². The molecule has 3 aromatic rings. The molecule has 0 saturated heterocycles. The van der Waals surface area contributed by atoms with E-state index >= 15 is 0 Å². The fourth-order valence-electron chi connectivity index (χ4n) is 1.94. The molecule has 0 bridgehead atoms. The number of benzene rings is 2. The van der Waals surface area contributed by atoms with Crippen LogP contribution in [0.2, 0.25) is 0 Å². The standard InChI is InChI=1S/C15H13N3/c1-12(13-7-3-2-4-8-13)11-18-15-10-6-5-9-14(15)16-17-18/h2-11H,1H3. The summed E-state index contributed by atoms with van der Waals surface area (Å²) in [4.78, 5) is 0. The minimum absolute atomic E-state index is 0.912. The van der Waals surface area contributed by atoms with Gasteiger partial charge < -0.3 is 0 Å². The van der Waals surface area contributed by atoms with Gasteiger partial charge in [0.25, 0.3) is 0 Å². The first-order chi connectivity index (χ1) is 8.84. The third kappa shape index (κ3) is 1.91. The van der Waals surface area contributed by atoms with E-state index in [0.717, 1.165) is 16.6 Å². The molecule has 0 aliphatic carbocycles. The molecule has 3 nitrogen and oxygen atoms in total. The SMILES string of the molecule is CC(=Cn1nnc2ccccc21)c1ccccc1. The van der Waals surface area contributed by atoms with Gasteiger partial charge in [-0.25, -0.2) is 4.68 Å². The Morgan fingerprint density at radius 1 is 1.00 bits per heavy atom. The second-order valence-electron chi connectivity index (χ2n) is 4.20. The molecule has 88 valence electrons. The van der Waals surface area contributed by atoms with Crippen molar-refractivity contribution in [2.45, 2.75) is 6.92 Å². The maximum atomic E-state index is 4.15. The molecule has 1 aromatic heterocycles. The molecule has 0 aliphatic rings. The topological polar surface area (TPSA) is 30.7 Å². The third-order valence-corrected chi connectivity index (χ3v) is 2.92. The Morgan fingerprint density at radius 3 is 2.56 bits per heavy atom. The lowest BCUT2D eigenvalue weighted by Crippen LogP contribution is -1.91. The van der Waals surface area contributed by atoms with E-state index in [1.54, 1.807) is 0 Å². The van der Waals surface area contributed by atoms with Gasteiger partial charge in [0.15, 0.2) is 0 Å². The molecule has 0 atom stereocenters. The highest BCUT2D eigenvalue weighted by atomic mass is 15.4. The second kappa shape index (κ2) is 4.45. The summed E-state index contributed by atoms with van der Waals surface area (Å²) in [5.74, 6) is 0. The van der Waals surface area contributed by atoms with E-state index in [0.29, 0.717) is 0 Å². The first-order valence-electron chi connectivity index (χ1n) is 5.88. The Balaban J connectivity index is 2.06. The largest absolute Gasteiger partial charge is 0.220 e.